The van der Waals surface area contributed by atoms with Gasteiger partial charge in [0.25, 0.3) is 0 Å². The molecular weight excluding hydrogens is 284 g/mol. The average molecular weight is 302 g/mol. The molecule has 0 bridgehead atoms. The number of hydrogen-bond donors (Lipinski definition) is 0. The molecule has 0 saturated carbocycles. The van der Waals surface area contributed by atoms with Crippen molar-refractivity contribution < 1.29 is 9.34 Å². The summed E-state index contributed by atoms with van der Waals surface area (Å²) < 4.78 is 5.35. The smallest absolute Gasteiger partial charge is 0.311 e. The van der Waals surface area contributed by atoms with Crippen molar-refractivity contribution in [1.29, 1.82) is 0 Å². The number of hydrogen-bond acceptors (Lipinski definition) is 6. The van der Waals surface area contributed by atoms with Gasteiger partial charge in [-0.05, 0) is 24.6 Å². The zero-order valence-corrected chi connectivity index (χ0v) is 12.4. The van der Waals surface area contributed by atoms with Crippen LogP contribution in [0, 0.1) is 17.0 Å². The van der Waals surface area contributed by atoms with Crippen LogP contribution < -0.4 is 4.90 Å². The number of aromatic nitrogens is 1. The van der Waals surface area contributed by atoms with Crippen LogP contribution in [0.5, 0.6) is 0 Å². The van der Waals surface area contributed by atoms with Crippen LogP contribution in [0.3, 0.4) is 0 Å². The molecule has 3 heterocycles. The zero-order valence-electron chi connectivity index (χ0n) is 12.4. The molecule has 7 heteroatoms. The van der Waals surface area contributed by atoms with Gasteiger partial charge < -0.3 is 9.32 Å². The highest BCUT2D eigenvalue weighted by Crippen LogP contribution is 2.27. The molecule has 116 valence electrons. The predicted octanol–water partition coefficient (Wildman–Crippen LogP) is 2.21. The first-order valence-corrected chi connectivity index (χ1v) is 7.24. The normalized spacial score (nSPS) is 16.0. The van der Waals surface area contributed by atoms with Gasteiger partial charge in [0, 0.05) is 38.4 Å². The predicted molar refractivity (Wildman–Crippen MR) is 81.8 cm³/mol. The Bertz CT molecular complexity index is 649. The van der Waals surface area contributed by atoms with Gasteiger partial charge in [-0.15, -0.1) is 0 Å². The number of furan rings is 1. The number of rotatable bonds is 4. The summed E-state index contributed by atoms with van der Waals surface area (Å²) in [7, 11) is 0. The second-order valence-corrected chi connectivity index (χ2v) is 5.46. The second-order valence-electron chi connectivity index (χ2n) is 5.46. The minimum Gasteiger partial charge on any atom is -0.468 e. The van der Waals surface area contributed by atoms with Crippen molar-refractivity contribution in [1.82, 2.24) is 9.88 Å². The Balaban J connectivity index is 1.67. The lowest BCUT2D eigenvalue weighted by Gasteiger charge is -2.34. The number of aryl methyl sites for hydroxylation is 1. The van der Waals surface area contributed by atoms with E-state index in [1.165, 1.54) is 0 Å². The van der Waals surface area contributed by atoms with E-state index in [1.807, 2.05) is 24.0 Å². The molecule has 2 aromatic heterocycles. The van der Waals surface area contributed by atoms with Crippen molar-refractivity contribution in [3.8, 4) is 0 Å². The van der Waals surface area contributed by atoms with Gasteiger partial charge in [-0.3, -0.25) is 15.0 Å². The van der Waals surface area contributed by atoms with E-state index in [0.29, 0.717) is 5.82 Å². The van der Waals surface area contributed by atoms with Gasteiger partial charge in [0.15, 0.2) is 0 Å². The number of nitro groups is 1. The molecule has 1 aliphatic heterocycles. The molecule has 0 N–H and O–H groups in total. The fourth-order valence-electron chi connectivity index (χ4n) is 2.67. The topological polar surface area (TPSA) is 75.7 Å². The standard InChI is InChI=1S/C15H18N4O3/c1-12-9-14(19(20)21)15(16-10-12)18-6-4-17(5-7-18)11-13-3-2-8-22-13/h2-3,8-10H,4-7,11H2,1H3. The number of piperazine rings is 1. The molecule has 3 rings (SSSR count). The summed E-state index contributed by atoms with van der Waals surface area (Å²) in [5, 5.41) is 11.2. The summed E-state index contributed by atoms with van der Waals surface area (Å²) in [5.74, 6) is 1.40. The molecular formula is C15H18N4O3. The average Bonchev–Trinajstić information content (AvgIpc) is 3.01. The molecule has 2 aromatic rings. The highest BCUT2D eigenvalue weighted by molar-refractivity contribution is 5.58. The highest BCUT2D eigenvalue weighted by Gasteiger charge is 2.25. The van der Waals surface area contributed by atoms with Gasteiger partial charge in [0.05, 0.1) is 17.7 Å². The van der Waals surface area contributed by atoms with Crippen LogP contribution in [-0.4, -0.2) is 41.0 Å². The second kappa shape index (κ2) is 6.15. The van der Waals surface area contributed by atoms with Crippen LogP contribution in [0.2, 0.25) is 0 Å². The lowest BCUT2D eigenvalue weighted by molar-refractivity contribution is -0.384. The van der Waals surface area contributed by atoms with Crippen LogP contribution in [0.15, 0.2) is 35.1 Å². The zero-order chi connectivity index (χ0) is 15.5. The molecule has 1 aliphatic rings. The van der Waals surface area contributed by atoms with E-state index in [2.05, 4.69) is 9.88 Å². The Morgan fingerprint density at radius 3 is 2.77 bits per heavy atom. The fourth-order valence-corrected chi connectivity index (χ4v) is 2.67. The van der Waals surface area contributed by atoms with Crippen molar-refractivity contribution >= 4 is 11.5 Å². The molecule has 22 heavy (non-hydrogen) atoms. The van der Waals surface area contributed by atoms with Crippen molar-refractivity contribution in [3.05, 3.63) is 52.1 Å². The summed E-state index contributed by atoms with van der Waals surface area (Å²) in [4.78, 5) is 19.4. The Morgan fingerprint density at radius 2 is 2.14 bits per heavy atom. The van der Waals surface area contributed by atoms with Gasteiger partial charge in [0.1, 0.15) is 5.76 Å². The van der Waals surface area contributed by atoms with E-state index in [0.717, 1.165) is 44.0 Å². The highest BCUT2D eigenvalue weighted by atomic mass is 16.6. The van der Waals surface area contributed by atoms with E-state index >= 15 is 0 Å². The maximum Gasteiger partial charge on any atom is 0.311 e. The van der Waals surface area contributed by atoms with Crippen LogP contribution in [0.1, 0.15) is 11.3 Å². The van der Waals surface area contributed by atoms with E-state index in [9.17, 15) is 10.1 Å². The Hall–Kier alpha value is -2.41. The number of pyridine rings is 1. The number of nitrogens with zero attached hydrogens (tertiary/aromatic N) is 4. The van der Waals surface area contributed by atoms with Crippen LogP contribution in [-0.2, 0) is 6.54 Å². The minimum atomic E-state index is -0.357. The third-order valence-corrected chi connectivity index (χ3v) is 3.81. The third kappa shape index (κ3) is 3.09. The molecule has 0 spiro atoms. The SMILES string of the molecule is Cc1cnc(N2CCN(Cc3ccco3)CC2)c([N+](=O)[O-])c1. The summed E-state index contributed by atoms with van der Waals surface area (Å²) in [5.41, 5.74) is 0.881. The third-order valence-electron chi connectivity index (χ3n) is 3.81. The van der Waals surface area contributed by atoms with Crippen molar-refractivity contribution in [3.63, 3.8) is 0 Å². The molecule has 0 aromatic carbocycles. The maximum atomic E-state index is 11.2. The first-order chi connectivity index (χ1) is 10.6. The monoisotopic (exact) mass is 302 g/mol. The Morgan fingerprint density at radius 1 is 1.36 bits per heavy atom. The molecule has 1 saturated heterocycles. The molecule has 0 unspecified atom stereocenters. The van der Waals surface area contributed by atoms with Gasteiger partial charge in [-0.25, -0.2) is 4.98 Å². The first-order valence-electron chi connectivity index (χ1n) is 7.24. The van der Waals surface area contributed by atoms with E-state index in [-0.39, 0.29) is 10.6 Å². The lowest BCUT2D eigenvalue weighted by Crippen LogP contribution is -2.46. The summed E-state index contributed by atoms with van der Waals surface area (Å²) >= 11 is 0. The summed E-state index contributed by atoms with van der Waals surface area (Å²) in [6.45, 7) is 5.67. The van der Waals surface area contributed by atoms with E-state index in [1.54, 1.807) is 18.5 Å². The summed E-state index contributed by atoms with van der Waals surface area (Å²) in [6.07, 6.45) is 3.35. The quantitative estimate of drug-likeness (QED) is 0.636. The fraction of sp³-hybridized carbons (Fsp3) is 0.400. The first kappa shape index (κ1) is 14.5. The van der Waals surface area contributed by atoms with E-state index in [4.69, 9.17) is 4.42 Å². The minimum absolute atomic E-state index is 0.0829. The molecule has 1 fully saturated rings. The summed E-state index contributed by atoms with van der Waals surface area (Å²) in [6, 6.07) is 5.42. The van der Waals surface area contributed by atoms with Crippen molar-refractivity contribution in [2.75, 3.05) is 31.1 Å². The molecule has 7 nitrogen and oxygen atoms in total. The Labute approximate surface area is 128 Å². The van der Waals surface area contributed by atoms with Crippen LogP contribution in [0.4, 0.5) is 11.5 Å². The molecule has 0 radical (unpaired) electrons. The van der Waals surface area contributed by atoms with Crippen molar-refractivity contribution in [2.24, 2.45) is 0 Å². The van der Waals surface area contributed by atoms with Gasteiger partial charge in [0.2, 0.25) is 5.82 Å². The van der Waals surface area contributed by atoms with Gasteiger partial charge >= 0.3 is 5.69 Å². The van der Waals surface area contributed by atoms with Gasteiger partial charge in [-0.1, -0.05) is 0 Å². The molecule has 0 amide bonds. The van der Waals surface area contributed by atoms with Gasteiger partial charge in [-0.2, -0.15) is 0 Å². The number of anilines is 1. The van der Waals surface area contributed by atoms with Crippen LogP contribution in [0.25, 0.3) is 0 Å². The largest absolute Gasteiger partial charge is 0.468 e. The maximum absolute atomic E-state index is 11.2. The lowest BCUT2D eigenvalue weighted by atomic mass is 10.2. The van der Waals surface area contributed by atoms with Crippen LogP contribution >= 0.6 is 0 Å². The Kier molecular flexibility index (Phi) is 4.06. The molecule has 0 atom stereocenters. The van der Waals surface area contributed by atoms with E-state index < -0.39 is 0 Å². The molecule has 0 aliphatic carbocycles. The van der Waals surface area contributed by atoms with Crippen molar-refractivity contribution in [2.45, 2.75) is 13.5 Å².